The van der Waals surface area contributed by atoms with Crippen molar-refractivity contribution < 1.29 is 34.2 Å². The van der Waals surface area contributed by atoms with Crippen LogP contribution in [0, 0.1) is 5.92 Å². The second-order valence-corrected chi connectivity index (χ2v) is 12.6. The zero-order valence-electron chi connectivity index (χ0n) is 26.0. The largest absolute Gasteiger partial charge is 0.479 e. The SMILES string of the molecule is O=C(NC[C@@H](O)C(=O)O)c1ccc(CN(C(=O)Nc2ccc3c(c2)C(=O)N(CC2CC2)C3=O)c2ccc(C3CCCCC3)cc2)cc1. The van der Waals surface area contributed by atoms with Gasteiger partial charge in [0.25, 0.3) is 17.7 Å². The number of hydrogen-bond donors (Lipinski definition) is 4. The number of nitrogens with zero attached hydrogens (tertiary/aromatic N) is 2. The monoisotopic (exact) mass is 638 g/mol. The number of nitrogens with one attached hydrogen (secondary N) is 2. The molecule has 6 rings (SSSR count). The van der Waals surface area contributed by atoms with Crippen molar-refractivity contribution in [1.82, 2.24) is 10.2 Å². The van der Waals surface area contributed by atoms with Gasteiger partial charge in [0.2, 0.25) is 0 Å². The fourth-order valence-electron chi connectivity index (χ4n) is 6.25. The molecule has 11 heteroatoms. The fraction of sp³-hybridized carbons (Fsp3) is 0.361. The van der Waals surface area contributed by atoms with Gasteiger partial charge in [-0.2, -0.15) is 0 Å². The molecule has 2 aliphatic carbocycles. The van der Waals surface area contributed by atoms with Gasteiger partial charge in [0.15, 0.2) is 6.10 Å². The molecule has 2 saturated carbocycles. The Labute approximate surface area is 272 Å². The Morgan fingerprint density at radius 1 is 0.851 bits per heavy atom. The summed E-state index contributed by atoms with van der Waals surface area (Å²) in [7, 11) is 0. The summed E-state index contributed by atoms with van der Waals surface area (Å²) in [5.74, 6) is -1.75. The standard InChI is InChI=1S/C36H38N4O7/c41-31(35(45)46)19-37-32(42)26-10-8-23(9-11-26)20-39(28-15-12-25(13-16-28)24-4-2-1-3-5-24)36(47)38-27-14-17-29-30(18-27)34(44)40(33(29)43)21-22-6-7-22/h8-18,22,24,31,41H,1-7,19-21H2,(H,37,42)(H,38,47)(H,45,46)/t31-/m1/s1. The van der Waals surface area contributed by atoms with E-state index in [9.17, 15) is 29.1 Å². The van der Waals surface area contributed by atoms with Crippen LogP contribution in [0.1, 0.15) is 93.1 Å². The van der Waals surface area contributed by atoms with E-state index < -0.39 is 30.6 Å². The van der Waals surface area contributed by atoms with Crippen LogP contribution in [0.2, 0.25) is 0 Å². The first-order valence-corrected chi connectivity index (χ1v) is 16.1. The van der Waals surface area contributed by atoms with E-state index in [-0.39, 0.29) is 29.5 Å². The molecule has 2 fully saturated rings. The number of carbonyl (C=O) groups excluding carboxylic acids is 4. The summed E-state index contributed by atoms with van der Waals surface area (Å²) in [6.45, 7) is 0.150. The van der Waals surface area contributed by atoms with Gasteiger partial charge in [-0.1, -0.05) is 43.5 Å². The van der Waals surface area contributed by atoms with Gasteiger partial charge in [-0.3, -0.25) is 24.2 Å². The molecule has 3 aliphatic rings. The molecule has 0 radical (unpaired) electrons. The zero-order valence-corrected chi connectivity index (χ0v) is 26.0. The normalized spacial score (nSPS) is 16.8. The summed E-state index contributed by atoms with van der Waals surface area (Å²) >= 11 is 0. The zero-order chi connectivity index (χ0) is 33.1. The molecule has 1 aliphatic heterocycles. The van der Waals surface area contributed by atoms with E-state index in [1.54, 1.807) is 47.4 Å². The summed E-state index contributed by atoms with van der Waals surface area (Å²) in [5.41, 5.74) is 3.91. The number of carbonyl (C=O) groups is 5. The number of fused-ring (bicyclic) bond motifs is 1. The lowest BCUT2D eigenvalue weighted by atomic mass is 9.84. The molecular formula is C36H38N4O7. The van der Waals surface area contributed by atoms with Gasteiger partial charge in [0, 0.05) is 23.5 Å². The molecular weight excluding hydrogens is 600 g/mol. The smallest absolute Gasteiger partial charge is 0.334 e. The van der Waals surface area contributed by atoms with E-state index in [0.29, 0.717) is 35.3 Å². The maximum atomic E-state index is 13.9. The number of carboxylic acid groups (broad SMARTS) is 1. The highest BCUT2D eigenvalue weighted by Crippen LogP contribution is 2.35. The van der Waals surface area contributed by atoms with Gasteiger partial charge in [0.1, 0.15) is 0 Å². The van der Waals surface area contributed by atoms with E-state index in [1.165, 1.54) is 29.7 Å². The number of aliphatic carboxylic acids is 1. The first kappa shape index (κ1) is 31.9. The summed E-state index contributed by atoms with van der Waals surface area (Å²) < 4.78 is 0. The van der Waals surface area contributed by atoms with Crippen LogP contribution in [0.4, 0.5) is 16.2 Å². The van der Waals surface area contributed by atoms with Crippen LogP contribution >= 0.6 is 0 Å². The van der Waals surface area contributed by atoms with Crippen LogP contribution in [-0.2, 0) is 11.3 Å². The van der Waals surface area contributed by atoms with Crippen LogP contribution in [0.5, 0.6) is 0 Å². The number of aliphatic hydroxyl groups excluding tert-OH is 1. The molecule has 3 aromatic carbocycles. The molecule has 47 heavy (non-hydrogen) atoms. The average molecular weight is 639 g/mol. The van der Waals surface area contributed by atoms with E-state index in [1.807, 2.05) is 12.1 Å². The summed E-state index contributed by atoms with van der Waals surface area (Å²) in [5, 5.41) is 23.6. The third-order valence-electron chi connectivity index (χ3n) is 9.18. The lowest BCUT2D eigenvalue weighted by Crippen LogP contribution is -2.36. The highest BCUT2D eigenvalue weighted by atomic mass is 16.4. The van der Waals surface area contributed by atoms with Crippen molar-refractivity contribution in [2.45, 2.75) is 63.5 Å². The number of hydrogen-bond acceptors (Lipinski definition) is 6. The Bertz CT molecular complexity index is 1680. The predicted molar refractivity (Wildman–Crippen MR) is 174 cm³/mol. The minimum absolute atomic E-state index is 0.158. The van der Waals surface area contributed by atoms with Gasteiger partial charge in [-0.25, -0.2) is 9.59 Å². The molecule has 1 heterocycles. The third-order valence-corrected chi connectivity index (χ3v) is 9.18. The van der Waals surface area contributed by atoms with E-state index in [0.717, 1.165) is 31.2 Å². The number of amides is 5. The highest BCUT2D eigenvalue weighted by Gasteiger charge is 2.39. The molecule has 3 aromatic rings. The number of anilines is 2. The quantitative estimate of drug-likeness (QED) is 0.212. The maximum Gasteiger partial charge on any atom is 0.334 e. The van der Waals surface area contributed by atoms with Gasteiger partial charge in [0.05, 0.1) is 24.2 Å². The molecule has 244 valence electrons. The molecule has 5 amide bonds. The highest BCUT2D eigenvalue weighted by molar-refractivity contribution is 6.22. The summed E-state index contributed by atoms with van der Waals surface area (Å²) in [6.07, 6.45) is 6.30. The number of carboxylic acids is 1. The topological polar surface area (TPSA) is 156 Å². The molecule has 0 aromatic heterocycles. The molecule has 4 N–H and O–H groups in total. The van der Waals surface area contributed by atoms with Crippen LogP contribution < -0.4 is 15.5 Å². The van der Waals surface area contributed by atoms with Gasteiger partial charge >= 0.3 is 12.0 Å². The van der Waals surface area contributed by atoms with E-state index in [4.69, 9.17) is 5.11 Å². The van der Waals surface area contributed by atoms with Crippen molar-refractivity contribution in [3.05, 3.63) is 94.5 Å². The van der Waals surface area contributed by atoms with E-state index >= 15 is 0 Å². The van der Waals surface area contributed by atoms with Crippen molar-refractivity contribution in [3.8, 4) is 0 Å². The summed E-state index contributed by atoms with van der Waals surface area (Å²) in [6, 6.07) is 18.9. The Hall–Kier alpha value is -5.03. The Morgan fingerprint density at radius 2 is 1.53 bits per heavy atom. The fourth-order valence-corrected chi connectivity index (χ4v) is 6.25. The number of rotatable bonds is 11. The minimum Gasteiger partial charge on any atom is -0.479 e. The van der Waals surface area contributed by atoms with Crippen molar-refractivity contribution in [2.24, 2.45) is 5.92 Å². The maximum absolute atomic E-state index is 13.9. The van der Waals surface area contributed by atoms with Crippen LogP contribution in [0.25, 0.3) is 0 Å². The van der Waals surface area contributed by atoms with E-state index in [2.05, 4.69) is 22.8 Å². The van der Waals surface area contributed by atoms with Crippen LogP contribution in [0.3, 0.4) is 0 Å². The summed E-state index contributed by atoms with van der Waals surface area (Å²) in [4.78, 5) is 65.9. The average Bonchev–Trinajstić information content (AvgIpc) is 3.89. The Morgan fingerprint density at radius 3 is 2.19 bits per heavy atom. The van der Waals surface area contributed by atoms with Gasteiger partial charge < -0.3 is 20.8 Å². The van der Waals surface area contributed by atoms with Crippen LogP contribution in [-0.4, -0.2) is 64.0 Å². The van der Waals surface area contributed by atoms with Crippen molar-refractivity contribution >= 4 is 41.1 Å². The molecule has 0 bridgehead atoms. The Balaban J connectivity index is 1.20. The lowest BCUT2D eigenvalue weighted by molar-refractivity contribution is -0.146. The van der Waals surface area contributed by atoms with Crippen molar-refractivity contribution in [2.75, 3.05) is 23.3 Å². The second kappa shape index (κ2) is 13.8. The molecule has 0 unspecified atom stereocenters. The number of benzene rings is 3. The number of imide groups is 1. The lowest BCUT2D eigenvalue weighted by Gasteiger charge is -2.26. The van der Waals surface area contributed by atoms with Crippen molar-refractivity contribution in [3.63, 3.8) is 0 Å². The molecule has 0 spiro atoms. The minimum atomic E-state index is -1.71. The number of urea groups is 1. The predicted octanol–water partition coefficient (Wildman–Crippen LogP) is 5.15. The van der Waals surface area contributed by atoms with Gasteiger partial charge in [-0.05, 0) is 91.1 Å². The van der Waals surface area contributed by atoms with Gasteiger partial charge in [-0.15, -0.1) is 0 Å². The first-order chi connectivity index (χ1) is 22.7. The van der Waals surface area contributed by atoms with Crippen LogP contribution in [0.15, 0.2) is 66.7 Å². The molecule has 0 saturated heterocycles. The molecule has 1 atom stereocenters. The molecule has 11 nitrogen and oxygen atoms in total. The van der Waals surface area contributed by atoms with Crippen molar-refractivity contribution in [1.29, 1.82) is 0 Å². The first-order valence-electron chi connectivity index (χ1n) is 16.1. The second-order valence-electron chi connectivity index (χ2n) is 12.6. The Kier molecular flexibility index (Phi) is 9.35. The third kappa shape index (κ3) is 7.36. The number of aliphatic hydroxyl groups is 1.